The molecule has 1 saturated heterocycles. The number of halogens is 2. The first-order chi connectivity index (χ1) is 9.13. The fourth-order valence-electron chi connectivity index (χ4n) is 2.50. The molecule has 0 atom stereocenters. The number of nitrogens with one attached hydrogen (secondary N) is 1. The summed E-state index contributed by atoms with van der Waals surface area (Å²) in [4.78, 5) is 14.6. The minimum atomic E-state index is 0.0591. The van der Waals surface area contributed by atoms with E-state index in [9.17, 15) is 4.79 Å². The average Bonchev–Trinajstić information content (AvgIpc) is 2.43. The van der Waals surface area contributed by atoms with Crippen LogP contribution >= 0.6 is 27.5 Å². The van der Waals surface area contributed by atoms with Gasteiger partial charge in [-0.3, -0.25) is 4.79 Å². The summed E-state index contributed by atoms with van der Waals surface area (Å²) in [5, 5.41) is 3.92. The van der Waals surface area contributed by atoms with Gasteiger partial charge in [0.25, 0.3) is 5.91 Å². The molecule has 1 heterocycles. The summed E-state index contributed by atoms with van der Waals surface area (Å²) in [7, 11) is 0. The van der Waals surface area contributed by atoms with Crippen molar-refractivity contribution in [1.29, 1.82) is 0 Å². The highest BCUT2D eigenvalue weighted by molar-refractivity contribution is 9.10. The van der Waals surface area contributed by atoms with Crippen LogP contribution in [0.25, 0.3) is 0 Å². The van der Waals surface area contributed by atoms with Crippen molar-refractivity contribution in [2.45, 2.75) is 25.8 Å². The third kappa shape index (κ3) is 3.50. The Hall–Kier alpha value is -0.580. The second kappa shape index (κ2) is 6.73. The van der Waals surface area contributed by atoms with E-state index >= 15 is 0 Å². The van der Waals surface area contributed by atoms with Crippen LogP contribution in [0.4, 0.5) is 0 Å². The van der Waals surface area contributed by atoms with Crippen molar-refractivity contribution >= 4 is 33.4 Å². The van der Waals surface area contributed by atoms with E-state index < -0.39 is 0 Å². The Balaban J connectivity index is 2.22. The second-order valence-electron chi connectivity index (χ2n) is 4.70. The van der Waals surface area contributed by atoms with Crippen molar-refractivity contribution in [1.82, 2.24) is 10.2 Å². The quantitative estimate of drug-likeness (QED) is 0.911. The van der Waals surface area contributed by atoms with Gasteiger partial charge in [0.15, 0.2) is 0 Å². The molecule has 0 bridgehead atoms. The maximum Gasteiger partial charge on any atom is 0.255 e. The number of rotatable bonds is 3. The van der Waals surface area contributed by atoms with Crippen molar-refractivity contribution in [3.63, 3.8) is 0 Å². The van der Waals surface area contributed by atoms with Crippen molar-refractivity contribution in [3.8, 4) is 0 Å². The van der Waals surface area contributed by atoms with Gasteiger partial charge in [0.05, 0.1) is 5.56 Å². The van der Waals surface area contributed by atoms with E-state index in [1.54, 1.807) is 12.1 Å². The maximum absolute atomic E-state index is 12.7. The molecule has 1 aliphatic heterocycles. The van der Waals surface area contributed by atoms with E-state index in [4.69, 9.17) is 11.6 Å². The molecule has 19 heavy (non-hydrogen) atoms. The molecule has 0 unspecified atom stereocenters. The van der Waals surface area contributed by atoms with E-state index in [0.29, 0.717) is 16.6 Å². The van der Waals surface area contributed by atoms with E-state index in [2.05, 4.69) is 21.2 Å². The Morgan fingerprint density at radius 1 is 1.47 bits per heavy atom. The molecule has 1 aromatic rings. The molecule has 1 amide bonds. The molecule has 1 N–H and O–H groups in total. The van der Waals surface area contributed by atoms with Gasteiger partial charge in [-0.15, -0.1) is 0 Å². The SMILES string of the molecule is CCN(C(=O)c1cc(Cl)ccc1Br)C1CCNCC1. The Labute approximate surface area is 127 Å². The molecule has 5 heteroatoms. The molecular weight excluding hydrogens is 328 g/mol. The number of amides is 1. The van der Waals surface area contributed by atoms with Crippen LogP contribution in [0.3, 0.4) is 0 Å². The molecule has 3 nitrogen and oxygen atoms in total. The number of piperidine rings is 1. The molecule has 0 aromatic heterocycles. The Kier molecular flexibility index (Phi) is 5.25. The van der Waals surface area contributed by atoms with Crippen molar-refractivity contribution in [2.75, 3.05) is 19.6 Å². The van der Waals surface area contributed by atoms with E-state index in [1.807, 2.05) is 17.9 Å². The summed E-state index contributed by atoms with van der Waals surface area (Å²) in [6, 6.07) is 5.66. The van der Waals surface area contributed by atoms with Gasteiger partial charge in [-0.1, -0.05) is 11.6 Å². The number of benzene rings is 1. The summed E-state index contributed by atoms with van der Waals surface area (Å²) in [5.41, 5.74) is 0.646. The molecule has 1 fully saturated rings. The molecule has 104 valence electrons. The second-order valence-corrected chi connectivity index (χ2v) is 5.99. The minimum Gasteiger partial charge on any atom is -0.336 e. The standard InChI is InChI=1S/C14H18BrClN2O/c1-2-18(11-5-7-17-8-6-11)14(19)12-9-10(16)3-4-13(12)15/h3-4,9,11,17H,2,5-8H2,1H3. The molecule has 0 saturated carbocycles. The highest BCUT2D eigenvalue weighted by Crippen LogP contribution is 2.24. The van der Waals surface area contributed by atoms with Crippen LogP contribution in [0.1, 0.15) is 30.1 Å². The third-order valence-corrected chi connectivity index (χ3v) is 4.44. The highest BCUT2D eigenvalue weighted by atomic mass is 79.9. The number of carbonyl (C=O) groups is 1. The van der Waals surface area contributed by atoms with E-state index in [0.717, 1.165) is 36.9 Å². The Morgan fingerprint density at radius 3 is 2.79 bits per heavy atom. The molecule has 1 aliphatic rings. The zero-order chi connectivity index (χ0) is 13.8. The third-order valence-electron chi connectivity index (χ3n) is 3.51. The summed E-state index contributed by atoms with van der Waals surface area (Å²) in [6.45, 7) is 4.71. The molecule has 1 aromatic carbocycles. The summed E-state index contributed by atoms with van der Waals surface area (Å²) >= 11 is 9.43. The fraction of sp³-hybridized carbons (Fsp3) is 0.500. The van der Waals surface area contributed by atoms with Gasteiger partial charge >= 0.3 is 0 Å². The molecule has 0 aliphatic carbocycles. The molecular formula is C14H18BrClN2O. The lowest BCUT2D eigenvalue weighted by atomic mass is 10.0. The number of nitrogens with zero attached hydrogens (tertiary/aromatic N) is 1. The highest BCUT2D eigenvalue weighted by Gasteiger charge is 2.26. The largest absolute Gasteiger partial charge is 0.336 e. The first-order valence-electron chi connectivity index (χ1n) is 6.60. The lowest BCUT2D eigenvalue weighted by molar-refractivity contribution is 0.0655. The van der Waals surface area contributed by atoms with E-state index in [1.165, 1.54) is 0 Å². The zero-order valence-corrected chi connectivity index (χ0v) is 13.3. The van der Waals surface area contributed by atoms with Crippen LogP contribution in [0.15, 0.2) is 22.7 Å². The van der Waals surface area contributed by atoms with Crippen LogP contribution in [-0.2, 0) is 0 Å². The minimum absolute atomic E-state index is 0.0591. The number of hydrogen-bond donors (Lipinski definition) is 1. The fourth-order valence-corrected chi connectivity index (χ4v) is 3.09. The molecule has 0 radical (unpaired) electrons. The van der Waals surface area contributed by atoms with Gasteiger partial charge < -0.3 is 10.2 Å². The summed E-state index contributed by atoms with van der Waals surface area (Å²) in [5.74, 6) is 0.0591. The van der Waals surface area contributed by atoms with Gasteiger partial charge in [-0.05, 0) is 67.0 Å². The number of carbonyl (C=O) groups excluding carboxylic acids is 1. The van der Waals surface area contributed by atoms with Crippen molar-refractivity contribution < 1.29 is 4.79 Å². The average molecular weight is 346 g/mol. The van der Waals surface area contributed by atoms with Gasteiger partial charge in [0.2, 0.25) is 0 Å². The number of hydrogen-bond acceptors (Lipinski definition) is 2. The van der Waals surface area contributed by atoms with Crippen LogP contribution < -0.4 is 5.32 Å². The van der Waals surface area contributed by atoms with Gasteiger partial charge in [-0.25, -0.2) is 0 Å². The van der Waals surface area contributed by atoms with E-state index in [-0.39, 0.29) is 5.91 Å². The van der Waals surface area contributed by atoms with Crippen LogP contribution in [-0.4, -0.2) is 36.5 Å². The Bertz CT molecular complexity index is 461. The monoisotopic (exact) mass is 344 g/mol. The predicted octanol–water partition coefficient (Wildman–Crippen LogP) is 3.32. The van der Waals surface area contributed by atoms with Gasteiger partial charge in [-0.2, -0.15) is 0 Å². The van der Waals surface area contributed by atoms with Crippen LogP contribution in [0.5, 0.6) is 0 Å². The first kappa shape index (κ1) is 14.8. The van der Waals surface area contributed by atoms with Crippen LogP contribution in [0, 0.1) is 0 Å². The lowest BCUT2D eigenvalue weighted by Gasteiger charge is -2.34. The molecule has 0 spiro atoms. The Morgan fingerprint density at radius 2 is 2.16 bits per heavy atom. The normalized spacial score (nSPS) is 16.4. The maximum atomic E-state index is 12.7. The van der Waals surface area contributed by atoms with Crippen LogP contribution in [0.2, 0.25) is 5.02 Å². The molecule has 2 rings (SSSR count). The summed E-state index contributed by atoms with van der Waals surface area (Å²) < 4.78 is 0.800. The van der Waals surface area contributed by atoms with Crippen molar-refractivity contribution in [2.24, 2.45) is 0 Å². The van der Waals surface area contributed by atoms with Gasteiger partial charge in [0.1, 0.15) is 0 Å². The lowest BCUT2D eigenvalue weighted by Crippen LogP contribution is -2.46. The summed E-state index contributed by atoms with van der Waals surface area (Å²) in [6.07, 6.45) is 2.02. The smallest absolute Gasteiger partial charge is 0.255 e. The predicted molar refractivity (Wildman–Crippen MR) is 81.8 cm³/mol. The topological polar surface area (TPSA) is 32.3 Å². The first-order valence-corrected chi connectivity index (χ1v) is 7.77. The van der Waals surface area contributed by atoms with Crippen molar-refractivity contribution in [3.05, 3.63) is 33.3 Å². The zero-order valence-electron chi connectivity index (χ0n) is 11.0. The van der Waals surface area contributed by atoms with Gasteiger partial charge in [0, 0.05) is 22.1 Å².